The van der Waals surface area contributed by atoms with Gasteiger partial charge in [0.05, 0.1) is 4.92 Å². The highest BCUT2D eigenvalue weighted by Crippen LogP contribution is 2.35. The zero-order valence-electron chi connectivity index (χ0n) is 12.2. The largest absolute Gasteiger partial charge is 0.362 e. The Kier molecular flexibility index (Phi) is 4.36. The average molecular weight is 279 g/mol. The van der Waals surface area contributed by atoms with E-state index in [1.165, 1.54) is 6.33 Å². The molecule has 1 aromatic rings. The molecule has 0 bridgehead atoms. The van der Waals surface area contributed by atoms with Crippen LogP contribution in [0.25, 0.3) is 0 Å². The number of hydrogen-bond acceptors (Lipinski definition) is 6. The highest BCUT2D eigenvalue weighted by molar-refractivity contribution is 5.70. The number of nitro groups is 1. The summed E-state index contributed by atoms with van der Waals surface area (Å²) in [6.07, 6.45) is 4.63. The lowest BCUT2D eigenvalue weighted by Gasteiger charge is -2.34. The van der Waals surface area contributed by atoms with Gasteiger partial charge in [0.1, 0.15) is 6.33 Å². The van der Waals surface area contributed by atoms with Crippen molar-refractivity contribution >= 4 is 17.3 Å². The SMILES string of the molecule is CC(C)Nc1ncnc(N2CCCCC2C)c1[N+](=O)[O-]. The van der Waals surface area contributed by atoms with Gasteiger partial charge < -0.3 is 10.2 Å². The minimum absolute atomic E-state index is 0.0186. The Morgan fingerprint density at radius 2 is 2.20 bits per heavy atom. The number of piperidine rings is 1. The number of anilines is 2. The highest BCUT2D eigenvalue weighted by Gasteiger charge is 2.30. The lowest BCUT2D eigenvalue weighted by molar-refractivity contribution is -0.383. The van der Waals surface area contributed by atoms with Crippen LogP contribution in [0.3, 0.4) is 0 Å². The minimum atomic E-state index is -0.388. The zero-order valence-corrected chi connectivity index (χ0v) is 12.2. The van der Waals surface area contributed by atoms with Gasteiger partial charge in [-0.15, -0.1) is 0 Å². The van der Waals surface area contributed by atoms with Crippen LogP contribution in [-0.2, 0) is 0 Å². The monoisotopic (exact) mass is 279 g/mol. The van der Waals surface area contributed by atoms with Crippen LogP contribution < -0.4 is 10.2 Å². The summed E-state index contributed by atoms with van der Waals surface area (Å²) in [5.74, 6) is 0.730. The van der Waals surface area contributed by atoms with Crippen molar-refractivity contribution in [2.45, 2.75) is 52.1 Å². The van der Waals surface area contributed by atoms with Gasteiger partial charge in [-0.1, -0.05) is 0 Å². The van der Waals surface area contributed by atoms with Crippen molar-refractivity contribution in [3.63, 3.8) is 0 Å². The zero-order chi connectivity index (χ0) is 14.7. The molecule has 0 aromatic carbocycles. The van der Waals surface area contributed by atoms with E-state index in [4.69, 9.17) is 0 Å². The maximum absolute atomic E-state index is 11.4. The molecule has 2 heterocycles. The molecule has 7 heteroatoms. The Balaban J connectivity index is 2.43. The van der Waals surface area contributed by atoms with E-state index in [9.17, 15) is 10.1 Å². The van der Waals surface area contributed by atoms with E-state index in [0.29, 0.717) is 11.6 Å². The summed E-state index contributed by atoms with van der Waals surface area (Å²) in [4.78, 5) is 21.3. The van der Waals surface area contributed by atoms with Gasteiger partial charge in [-0.2, -0.15) is 0 Å². The Morgan fingerprint density at radius 1 is 1.45 bits per heavy atom. The van der Waals surface area contributed by atoms with Crippen molar-refractivity contribution in [1.29, 1.82) is 0 Å². The molecule has 110 valence electrons. The lowest BCUT2D eigenvalue weighted by atomic mass is 10.0. The second-order valence-corrected chi connectivity index (χ2v) is 5.49. The fourth-order valence-corrected chi connectivity index (χ4v) is 2.54. The molecular weight excluding hydrogens is 258 g/mol. The van der Waals surface area contributed by atoms with Gasteiger partial charge in [0.25, 0.3) is 0 Å². The number of hydrogen-bond donors (Lipinski definition) is 1. The second-order valence-electron chi connectivity index (χ2n) is 5.49. The van der Waals surface area contributed by atoms with Crippen molar-refractivity contribution in [3.8, 4) is 0 Å². The molecule has 1 aliphatic heterocycles. The molecule has 1 aromatic heterocycles. The summed E-state index contributed by atoms with van der Waals surface area (Å²) < 4.78 is 0. The fraction of sp³-hybridized carbons (Fsp3) is 0.692. The number of rotatable bonds is 4. The number of nitrogens with one attached hydrogen (secondary N) is 1. The quantitative estimate of drug-likeness (QED) is 0.673. The fourth-order valence-electron chi connectivity index (χ4n) is 2.54. The topological polar surface area (TPSA) is 84.2 Å². The first-order valence-electron chi connectivity index (χ1n) is 7.03. The Labute approximate surface area is 118 Å². The maximum Gasteiger partial charge on any atom is 0.353 e. The molecule has 0 spiro atoms. The predicted octanol–water partition coefficient (Wildman–Crippen LogP) is 2.58. The molecule has 1 aliphatic rings. The Morgan fingerprint density at radius 3 is 2.80 bits per heavy atom. The van der Waals surface area contributed by atoms with Gasteiger partial charge in [0.2, 0.25) is 11.6 Å². The van der Waals surface area contributed by atoms with Gasteiger partial charge >= 0.3 is 5.69 Å². The van der Waals surface area contributed by atoms with E-state index in [2.05, 4.69) is 22.2 Å². The summed E-state index contributed by atoms with van der Waals surface area (Å²) in [7, 11) is 0. The number of aromatic nitrogens is 2. The normalized spacial score (nSPS) is 19.2. The first kappa shape index (κ1) is 14.5. The third-order valence-corrected chi connectivity index (χ3v) is 3.49. The molecule has 1 atom stereocenters. The van der Waals surface area contributed by atoms with Crippen LogP contribution in [0.1, 0.15) is 40.0 Å². The minimum Gasteiger partial charge on any atom is -0.362 e. The smallest absolute Gasteiger partial charge is 0.353 e. The molecule has 0 aliphatic carbocycles. The van der Waals surface area contributed by atoms with Crippen LogP contribution in [-0.4, -0.2) is 33.5 Å². The van der Waals surface area contributed by atoms with Crippen molar-refractivity contribution in [3.05, 3.63) is 16.4 Å². The van der Waals surface area contributed by atoms with Crippen LogP contribution in [0.4, 0.5) is 17.3 Å². The summed E-state index contributed by atoms with van der Waals surface area (Å²) >= 11 is 0. The third-order valence-electron chi connectivity index (χ3n) is 3.49. The Hall–Kier alpha value is -1.92. The summed E-state index contributed by atoms with van der Waals surface area (Å²) in [6, 6.07) is 0.347. The van der Waals surface area contributed by atoms with Gasteiger partial charge in [-0.3, -0.25) is 10.1 Å². The first-order valence-corrected chi connectivity index (χ1v) is 7.03. The van der Waals surface area contributed by atoms with Crippen LogP contribution in [0, 0.1) is 10.1 Å². The molecule has 2 rings (SSSR count). The molecule has 1 saturated heterocycles. The van der Waals surface area contributed by atoms with Crippen LogP contribution in [0.15, 0.2) is 6.33 Å². The van der Waals surface area contributed by atoms with Gasteiger partial charge in [0.15, 0.2) is 0 Å². The summed E-state index contributed by atoms with van der Waals surface area (Å²) in [5, 5.41) is 14.5. The van der Waals surface area contributed by atoms with Crippen LogP contribution in [0.5, 0.6) is 0 Å². The van der Waals surface area contributed by atoms with Crippen LogP contribution in [0.2, 0.25) is 0 Å². The molecule has 1 N–H and O–H groups in total. The first-order chi connectivity index (χ1) is 9.50. The molecule has 20 heavy (non-hydrogen) atoms. The van der Waals surface area contributed by atoms with Crippen molar-refractivity contribution < 1.29 is 4.92 Å². The van der Waals surface area contributed by atoms with Crippen molar-refractivity contribution in [1.82, 2.24) is 9.97 Å². The third kappa shape index (κ3) is 2.97. The van der Waals surface area contributed by atoms with E-state index in [-0.39, 0.29) is 22.7 Å². The molecule has 1 unspecified atom stereocenters. The van der Waals surface area contributed by atoms with E-state index in [1.807, 2.05) is 18.7 Å². The van der Waals surface area contributed by atoms with E-state index < -0.39 is 0 Å². The number of nitrogens with zero attached hydrogens (tertiary/aromatic N) is 4. The molecule has 1 fully saturated rings. The molecule has 0 radical (unpaired) electrons. The summed E-state index contributed by atoms with van der Waals surface area (Å²) in [6.45, 7) is 6.74. The van der Waals surface area contributed by atoms with E-state index in [1.54, 1.807) is 0 Å². The Bertz CT molecular complexity index is 492. The second kappa shape index (κ2) is 6.02. The molecule has 0 saturated carbocycles. The van der Waals surface area contributed by atoms with Gasteiger partial charge in [-0.05, 0) is 40.0 Å². The summed E-state index contributed by atoms with van der Waals surface area (Å²) in [5.41, 5.74) is -0.0186. The highest BCUT2D eigenvalue weighted by atomic mass is 16.6. The van der Waals surface area contributed by atoms with Crippen molar-refractivity contribution in [2.75, 3.05) is 16.8 Å². The van der Waals surface area contributed by atoms with E-state index >= 15 is 0 Å². The van der Waals surface area contributed by atoms with Crippen LogP contribution >= 0.6 is 0 Å². The average Bonchev–Trinajstić information content (AvgIpc) is 2.38. The predicted molar refractivity (Wildman–Crippen MR) is 78.1 cm³/mol. The molecule has 7 nitrogen and oxygen atoms in total. The standard InChI is InChI=1S/C13H21N5O2/c1-9(2)16-12-11(18(19)20)13(15-8-14-12)17-7-5-4-6-10(17)3/h8-10H,4-7H2,1-3H3,(H,14,15,16). The van der Waals surface area contributed by atoms with Crippen molar-refractivity contribution in [2.24, 2.45) is 0 Å². The molecule has 0 amide bonds. The van der Waals surface area contributed by atoms with E-state index in [0.717, 1.165) is 25.8 Å². The van der Waals surface area contributed by atoms with Gasteiger partial charge in [0, 0.05) is 18.6 Å². The maximum atomic E-state index is 11.4. The lowest BCUT2D eigenvalue weighted by Crippen LogP contribution is -2.38. The molecular formula is C13H21N5O2. The van der Waals surface area contributed by atoms with Gasteiger partial charge in [-0.25, -0.2) is 9.97 Å².